The minimum atomic E-state index is 0.868. The van der Waals surface area contributed by atoms with Gasteiger partial charge < -0.3 is 9.47 Å². The van der Waals surface area contributed by atoms with Crippen LogP contribution in [0.1, 0.15) is 0 Å². The molecule has 3 aromatic carbocycles. The maximum Gasteiger partial charge on any atom is 0.118 e. The molecule has 4 aromatic rings. The van der Waals surface area contributed by atoms with Gasteiger partial charge in [0.2, 0.25) is 0 Å². The van der Waals surface area contributed by atoms with Crippen LogP contribution in [0, 0.1) is 0 Å². The van der Waals surface area contributed by atoms with Crippen LogP contribution in [0.2, 0.25) is 0 Å². The van der Waals surface area contributed by atoms with Gasteiger partial charge >= 0.3 is 0 Å². The van der Waals surface area contributed by atoms with Crippen LogP contribution < -0.4 is 9.47 Å². The van der Waals surface area contributed by atoms with Gasteiger partial charge in [-0.25, -0.2) is 0 Å². The van der Waals surface area contributed by atoms with E-state index >= 15 is 0 Å². The molecule has 134 valence electrons. The van der Waals surface area contributed by atoms with E-state index in [0.717, 1.165) is 11.5 Å². The summed E-state index contributed by atoms with van der Waals surface area (Å²) in [5.74, 6) is 1.74. The lowest BCUT2D eigenvalue weighted by molar-refractivity contribution is 0.415. The first-order chi connectivity index (χ1) is 13.3. The smallest absolute Gasteiger partial charge is 0.118 e. The first kappa shape index (κ1) is 17.4. The Labute approximate surface area is 163 Å². The molecule has 0 atom stereocenters. The molecular formula is C24H20O2S. The SMILES string of the molecule is COc1ccc(-c2cc(-c3ccccc3)c(-c3ccc(OC)cc3)s2)cc1. The Bertz CT molecular complexity index is 1020. The van der Waals surface area contributed by atoms with Crippen molar-refractivity contribution in [2.75, 3.05) is 14.2 Å². The van der Waals surface area contributed by atoms with Gasteiger partial charge in [0.15, 0.2) is 0 Å². The zero-order valence-corrected chi connectivity index (χ0v) is 16.1. The van der Waals surface area contributed by atoms with E-state index < -0.39 is 0 Å². The van der Waals surface area contributed by atoms with Crippen molar-refractivity contribution in [2.24, 2.45) is 0 Å². The molecule has 0 aliphatic heterocycles. The Hall–Kier alpha value is -3.04. The maximum absolute atomic E-state index is 5.31. The molecule has 0 spiro atoms. The Morgan fingerprint density at radius 3 is 1.70 bits per heavy atom. The van der Waals surface area contributed by atoms with Crippen LogP contribution in [0.15, 0.2) is 84.9 Å². The van der Waals surface area contributed by atoms with E-state index in [1.807, 2.05) is 30.3 Å². The van der Waals surface area contributed by atoms with Crippen molar-refractivity contribution < 1.29 is 9.47 Å². The standard InChI is InChI=1S/C24H20O2S/c1-25-20-12-8-18(9-13-20)23-16-22(17-6-4-3-5-7-17)24(27-23)19-10-14-21(26-2)15-11-19/h3-16H,1-2H3. The van der Waals surface area contributed by atoms with Crippen LogP contribution in [-0.4, -0.2) is 14.2 Å². The Kier molecular flexibility index (Phi) is 4.95. The predicted octanol–water partition coefficient (Wildman–Crippen LogP) is 6.77. The summed E-state index contributed by atoms with van der Waals surface area (Å²) in [6.45, 7) is 0. The van der Waals surface area contributed by atoms with E-state index in [9.17, 15) is 0 Å². The highest BCUT2D eigenvalue weighted by Gasteiger charge is 2.14. The van der Waals surface area contributed by atoms with Gasteiger partial charge in [-0.2, -0.15) is 0 Å². The molecule has 0 saturated carbocycles. The van der Waals surface area contributed by atoms with Crippen molar-refractivity contribution in [3.8, 4) is 43.5 Å². The molecule has 0 unspecified atom stereocenters. The average Bonchev–Trinajstić information content (AvgIpc) is 3.20. The van der Waals surface area contributed by atoms with Crippen molar-refractivity contribution in [1.29, 1.82) is 0 Å². The molecule has 27 heavy (non-hydrogen) atoms. The van der Waals surface area contributed by atoms with Gasteiger partial charge in [-0.1, -0.05) is 30.3 Å². The molecule has 0 aliphatic carbocycles. The van der Waals surface area contributed by atoms with Crippen molar-refractivity contribution in [3.05, 3.63) is 84.9 Å². The Morgan fingerprint density at radius 2 is 1.15 bits per heavy atom. The second-order valence-electron chi connectivity index (χ2n) is 6.18. The van der Waals surface area contributed by atoms with Gasteiger partial charge in [-0.05, 0) is 71.3 Å². The van der Waals surface area contributed by atoms with Gasteiger partial charge in [-0.3, -0.25) is 0 Å². The van der Waals surface area contributed by atoms with Crippen LogP contribution in [0.4, 0.5) is 0 Å². The minimum absolute atomic E-state index is 0.868. The largest absolute Gasteiger partial charge is 0.497 e. The van der Waals surface area contributed by atoms with E-state index in [2.05, 4.69) is 54.6 Å². The first-order valence-electron chi connectivity index (χ1n) is 8.76. The third-order valence-electron chi connectivity index (χ3n) is 4.54. The van der Waals surface area contributed by atoms with Crippen molar-refractivity contribution in [2.45, 2.75) is 0 Å². The lowest BCUT2D eigenvalue weighted by atomic mass is 10.0. The molecule has 0 amide bonds. The summed E-state index contributed by atoms with van der Waals surface area (Å²) >= 11 is 1.81. The zero-order chi connectivity index (χ0) is 18.6. The van der Waals surface area contributed by atoms with Gasteiger partial charge in [-0.15, -0.1) is 11.3 Å². The summed E-state index contributed by atoms with van der Waals surface area (Å²) in [5, 5.41) is 0. The quantitative estimate of drug-likeness (QED) is 0.385. The topological polar surface area (TPSA) is 18.5 Å². The van der Waals surface area contributed by atoms with Gasteiger partial charge in [0, 0.05) is 15.3 Å². The summed E-state index contributed by atoms with van der Waals surface area (Å²) in [5.41, 5.74) is 4.85. The normalized spacial score (nSPS) is 10.6. The molecule has 1 aromatic heterocycles. The molecule has 0 bridgehead atoms. The van der Waals surface area contributed by atoms with E-state index in [1.165, 1.54) is 32.0 Å². The first-order valence-corrected chi connectivity index (χ1v) is 9.58. The number of rotatable bonds is 5. The number of hydrogen-bond acceptors (Lipinski definition) is 3. The molecule has 0 radical (unpaired) electrons. The summed E-state index contributed by atoms with van der Waals surface area (Å²) < 4.78 is 10.6. The van der Waals surface area contributed by atoms with Crippen molar-refractivity contribution in [1.82, 2.24) is 0 Å². The highest BCUT2D eigenvalue weighted by molar-refractivity contribution is 7.19. The second kappa shape index (κ2) is 7.68. The van der Waals surface area contributed by atoms with E-state index in [-0.39, 0.29) is 0 Å². The summed E-state index contributed by atoms with van der Waals surface area (Å²) in [7, 11) is 3.38. The number of hydrogen-bond donors (Lipinski definition) is 0. The molecule has 3 heteroatoms. The molecule has 0 fully saturated rings. The summed E-state index contributed by atoms with van der Waals surface area (Å²) in [6, 6.07) is 29.3. The Morgan fingerprint density at radius 1 is 0.593 bits per heavy atom. The maximum atomic E-state index is 5.31. The Balaban J connectivity index is 1.83. The molecule has 0 N–H and O–H groups in total. The molecule has 0 aliphatic rings. The lowest BCUT2D eigenvalue weighted by Crippen LogP contribution is -1.82. The van der Waals surface area contributed by atoms with Crippen LogP contribution in [-0.2, 0) is 0 Å². The van der Waals surface area contributed by atoms with Crippen LogP contribution in [0.3, 0.4) is 0 Å². The predicted molar refractivity (Wildman–Crippen MR) is 114 cm³/mol. The molecular weight excluding hydrogens is 352 g/mol. The van der Waals surface area contributed by atoms with E-state index in [4.69, 9.17) is 9.47 Å². The van der Waals surface area contributed by atoms with Crippen LogP contribution in [0.5, 0.6) is 11.5 Å². The average molecular weight is 372 g/mol. The second-order valence-corrected chi connectivity index (χ2v) is 7.23. The fourth-order valence-electron chi connectivity index (χ4n) is 3.08. The van der Waals surface area contributed by atoms with Crippen LogP contribution >= 0.6 is 11.3 Å². The third kappa shape index (κ3) is 3.60. The van der Waals surface area contributed by atoms with Gasteiger partial charge in [0.25, 0.3) is 0 Å². The molecule has 0 saturated heterocycles. The van der Waals surface area contributed by atoms with Crippen molar-refractivity contribution >= 4 is 11.3 Å². The molecule has 1 heterocycles. The zero-order valence-electron chi connectivity index (χ0n) is 15.3. The summed E-state index contributed by atoms with van der Waals surface area (Å²) in [6.07, 6.45) is 0. The number of benzene rings is 3. The highest BCUT2D eigenvalue weighted by Crippen LogP contribution is 2.43. The fraction of sp³-hybridized carbons (Fsp3) is 0.0833. The summed E-state index contributed by atoms with van der Waals surface area (Å²) in [4.78, 5) is 2.50. The fourth-order valence-corrected chi connectivity index (χ4v) is 4.27. The number of ether oxygens (including phenoxy) is 2. The molecule has 2 nitrogen and oxygen atoms in total. The van der Waals surface area contributed by atoms with Gasteiger partial charge in [0.05, 0.1) is 14.2 Å². The number of methoxy groups -OCH3 is 2. The van der Waals surface area contributed by atoms with E-state index in [0.29, 0.717) is 0 Å². The monoisotopic (exact) mass is 372 g/mol. The van der Waals surface area contributed by atoms with Crippen molar-refractivity contribution in [3.63, 3.8) is 0 Å². The molecule has 4 rings (SSSR count). The minimum Gasteiger partial charge on any atom is -0.497 e. The lowest BCUT2D eigenvalue weighted by Gasteiger charge is -2.05. The highest BCUT2D eigenvalue weighted by atomic mass is 32.1. The van der Waals surface area contributed by atoms with Gasteiger partial charge in [0.1, 0.15) is 11.5 Å². The number of thiophene rings is 1. The van der Waals surface area contributed by atoms with Crippen LogP contribution in [0.25, 0.3) is 32.0 Å². The van der Waals surface area contributed by atoms with E-state index in [1.54, 1.807) is 25.6 Å². The third-order valence-corrected chi connectivity index (χ3v) is 5.78.